The number of benzene rings is 2. The Kier molecular flexibility index (Phi) is 2.75. The number of rotatable bonds is 0. The second-order valence-corrected chi connectivity index (χ2v) is 6.16. The van der Waals surface area contributed by atoms with E-state index in [-0.39, 0.29) is 11.9 Å². The van der Waals surface area contributed by atoms with Crippen LogP contribution in [0.5, 0.6) is 0 Å². The Morgan fingerprint density at radius 3 is 2.50 bits per heavy atom. The first kappa shape index (κ1) is 13.3. The van der Waals surface area contributed by atoms with Crippen molar-refractivity contribution >= 4 is 5.91 Å². The number of fused-ring (bicyclic) bond motifs is 4. The third-order valence-electron chi connectivity index (χ3n) is 4.97. The summed E-state index contributed by atoms with van der Waals surface area (Å²) in [6.45, 7) is 4.17. The van der Waals surface area contributed by atoms with Gasteiger partial charge in [0.2, 0.25) is 5.91 Å². The topological polar surface area (TPSA) is 55.1 Å². The lowest BCUT2D eigenvalue weighted by atomic mass is 9.70. The van der Waals surface area contributed by atoms with Gasteiger partial charge in [0.25, 0.3) is 0 Å². The van der Waals surface area contributed by atoms with Gasteiger partial charge in [-0.15, -0.1) is 0 Å². The number of hydrogen-bond acceptors (Lipinski definition) is 2. The van der Waals surface area contributed by atoms with Crippen molar-refractivity contribution in [1.82, 2.24) is 5.32 Å². The zero-order valence-corrected chi connectivity index (χ0v) is 12.3. The molecule has 2 aliphatic rings. The molecule has 2 aromatic carbocycles. The highest BCUT2D eigenvalue weighted by Gasteiger charge is 2.48. The van der Waals surface area contributed by atoms with E-state index in [0.29, 0.717) is 6.42 Å². The first-order chi connectivity index (χ1) is 10.6. The summed E-state index contributed by atoms with van der Waals surface area (Å²) in [7, 11) is 0. The zero-order valence-electron chi connectivity index (χ0n) is 12.3. The molecule has 0 aromatic heterocycles. The molecule has 4 rings (SSSR count). The van der Waals surface area contributed by atoms with Crippen LogP contribution in [0.15, 0.2) is 60.8 Å². The van der Waals surface area contributed by atoms with Gasteiger partial charge in [0.15, 0.2) is 0 Å². The molecule has 110 valence electrons. The molecule has 22 heavy (non-hydrogen) atoms. The predicted octanol–water partition coefficient (Wildman–Crippen LogP) is 2.56. The lowest BCUT2D eigenvalue weighted by molar-refractivity contribution is -0.119. The quantitative estimate of drug-likeness (QED) is 0.783. The number of hydrogen-bond donors (Lipinski definition) is 2. The Labute approximate surface area is 129 Å². The number of amides is 1. The Bertz CT molecular complexity index is 796. The van der Waals surface area contributed by atoms with Crippen LogP contribution in [0, 0.1) is 0 Å². The Morgan fingerprint density at radius 2 is 1.77 bits per heavy atom. The molecule has 0 saturated carbocycles. The average molecular weight is 290 g/mol. The second-order valence-electron chi connectivity index (χ2n) is 6.16. The molecule has 1 heterocycles. The van der Waals surface area contributed by atoms with Crippen LogP contribution in [-0.2, 0) is 16.6 Å². The smallest absolute Gasteiger partial charge is 0.225 e. The molecule has 0 radical (unpaired) electrons. The first-order valence-corrected chi connectivity index (χ1v) is 7.55. The van der Waals surface area contributed by atoms with E-state index in [0.717, 1.165) is 28.8 Å². The van der Waals surface area contributed by atoms with Crippen LogP contribution in [0.1, 0.15) is 34.7 Å². The van der Waals surface area contributed by atoms with Gasteiger partial charge in [0, 0.05) is 18.2 Å². The highest BCUT2D eigenvalue weighted by molar-refractivity contribution is 5.87. The normalized spacial score (nSPS) is 26.3. The highest BCUT2D eigenvalue weighted by atomic mass is 16.2. The van der Waals surface area contributed by atoms with Crippen molar-refractivity contribution in [3.8, 4) is 0 Å². The van der Waals surface area contributed by atoms with Gasteiger partial charge in [0.05, 0.1) is 5.41 Å². The maximum Gasteiger partial charge on any atom is 0.225 e. The monoisotopic (exact) mass is 290 g/mol. The van der Waals surface area contributed by atoms with Gasteiger partial charge in [-0.1, -0.05) is 55.1 Å². The third kappa shape index (κ3) is 1.63. The SMILES string of the molecule is C=C1NC(=O)CC12c1ccccc1CC(N)c1ccccc12. The summed E-state index contributed by atoms with van der Waals surface area (Å²) >= 11 is 0. The summed E-state index contributed by atoms with van der Waals surface area (Å²) < 4.78 is 0. The van der Waals surface area contributed by atoms with E-state index in [4.69, 9.17) is 5.73 Å². The van der Waals surface area contributed by atoms with Gasteiger partial charge < -0.3 is 11.1 Å². The van der Waals surface area contributed by atoms with Crippen LogP contribution in [0.2, 0.25) is 0 Å². The highest BCUT2D eigenvalue weighted by Crippen LogP contribution is 2.49. The van der Waals surface area contributed by atoms with Crippen molar-refractivity contribution in [2.75, 3.05) is 0 Å². The fourth-order valence-electron chi connectivity index (χ4n) is 4.00. The Balaban J connectivity index is 2.10. The zero-order chi connectivity index (χ0) is 15.3. The van der Waals surface area contributed by atoms with Gasteiger partial charge in [0.1, 0.15) is 0 Å². The summed E-state index contributed by atoms with van der Waals surface area (Å²) in [5.41, 5.74) is 11.3. The minimum Gasteiger partial charge on any atom is -0.329 e. The number of nitrogens with two attached hydrogens (primary N) is 1. The van der Waals surface area contributed by atoms with Crippen molar-refractivity contribution < 1.29 is 4.79 Å². The summed E-state index contributed by atoms with van der Waals surface area (Å²) in [5, 5.41) is 2.93. The Morgan fingerprint density at radius 1 is 1.09 bits per heavy atom. The number of carbonyl (C=O) groups is 1. The van der Waals surface area contributed by atoms with Crippen molar-refractivity contribution in [3.05, 3.63) is 83.1 Å². The molecule has 3 heteroatoms. The van der Waals surface area contributed by atoms with Gasteiger partial charge in [-0.25, -0.2) is 0 Å². The van der Waals surface area contributed by atoms with E-state index in [1.54, 1.807) is 0 Å². The third-order valence-corrected chi connectivity index (χ3v) is 4.97. The molecule has 1 spiro atoms. The second kappa shape index (κ2) is 4.55. The van der Waals surface area contributed by atoms with Crippen LogP contribution < -0.4 is 11.1 Å². The number of allylic oxidation sites excluding steroid dienone is 1. The van der Waals surface area contributed by atoms with Gasteiger partial charge >= 0.3 is 0 Å². The molecule has 0 bridgehead atoms. The molecule has 1 aliphatic carbocycles. The number of carbonyl (C=O) groups excluding carboxylic acids is 1. The Hall–Kier alpha value is -2.39. The lowest BCUT2D eigenvalue weighted by Crippen LogP contribution is -2.29. The van der Waals surface area contributed by atoms with Crippen molar-refractivity contribution in [2.24, 2.45) is 5.73 Å². The van der Waals surface area contributed by atoms with E-state index >= 15 is 0 Å². The summed E-state index contributed by atoms with van der Waals surface area (Å²) in [6, 6.07) is 16.4. The maximum atomic E-state index is 12.1. The van der Waals surface area contributed by atoms with Crippen LogP contribution >= 0.6 is 0 Å². The summed E-state index contributed by atoms with van der Waals surface area (Å²) in [6.07, 6.45) is 1.17. The minimum absolute atomic E-state index is 0.0186. The first-order valence-electron chi connectivity index (χ1n) is 7.55. The largest absolute Gasteiger partial charge is 0.329 e. The molecule has 2 aromatic rings. The van der Waals surface area contributed by atoms with Crippen molar-refractivity contribution in [3.63, 3.8) is 0 Å². The summed E-state index contributed by atoms with van der Waals surface area (Å²) in [4.78, 5) is 12.1. The molecule has 1 aliphatic heterocycles. The molecule has 1 amide bonds. The fraction of sp³-hybridized carbons (Fsp3) is 0.211. The number of nitrogens with one attached hydrogen (secondary N) is 1. The van der Waals surface area contributed by atoms with E-state index in [9.17, 15) is 4.79 Å². The molecule has 3 N–H and O–H groups in total. The van der Waals surface area contributed by atoms with Crippen LogP contribution in [-0.4, -0.2) is 5.91 Å². The summed E-state index contributed by atoms with van der Waals surface area (Å²) in [5.74, 6) is 0.0186. The van der Waals surface area contributed by atoms with E-state index in [2.05, 4.69) is 36.2 Å². The van der Waals surface area contributed by atoms with Gasteiger partial charge in [-0.3, -0.25) is 4.79 Å². The van der Waals surface area contributed by atoms with E-state index in [1.807, 2.05) is 24.3 Å². The van der Waals surface area contributed by atoms with Crippen LogP contribution in [0.25, 0.3) is 0 Å². The standard InChI is InChI=1S/C19H18N2O/c1-12-19(11-18(22)21-12)15-8-4-2-6-13(15)10-17(20)14-7-3-5-9-16(14)19/h2-9,17H,1,10-11,20H2,(H,21,22). The molecular weight excluding hydrogens is 272 g/mol. The lowest BCUT2D eigenvalue weighted by Gasteiger charge is -2.32. The molecule has 2 atom stereocenters. The van der Waals surface area contributed by atoms with Gasteiger partial charge in [-0.2, -0.15) is 0 Å². The van der Waals surface area contributed by atoms with E-state index in [1.165, 1.54) is 5.56 Å². The van der Waals surface area contributed by atoms with Gasteiger partial charge in [-0.05, 0) is 28.7 Å². The maximum absolute atomic E-state index is 12.1. The molecule has 1 saturated heterocycles. The molecular formula is C19H18N2O. The molecule has 1 fully saturated rings. The fourth-order valence-corrected chi connectivity index (χ4v) is 4.00. The van der Waals surface area contributed by atoms with Crippen LogP contribution in [0.4, 0.5) is 0 Å². The molecule has 3 nitrogen and oxygen atoms in total. The van der Waals surface area contributed by atoms with Crippen molar-refractivity contribution in [2.45, 2.75) is 24.3 Å². The van der Waals surface area contributed by atoms with E-state index < -0.39 is 5.41 Å². The predicted molar refractivity (Wildman–Crippen MR) is 86.2 cm³/mol. The average Bonchev–Trinajstić information content (AvgIpc) is 2.77. The van der Waals surface area contributed by atoms with Crippen LogP contribution in [0.3, 0.4) is 0 Å². The molecule has 2 unspecified atom stereocenters. The van der Waals surface area contributed by atoms with Crippen molar-refractivity contribution in [1.29, 1.82) is 0 Å². The minimum atomic E-state index is -0.502.